The Kier molecular flexibility index (Phi) is 9.21. The van der Waals surface area contributed by atoms with E-state index in [0.717, 1.165) is 22.1 Å². The number of hydrogen-bond donors (Lipinski definition) is 1. The van der Waals surface area contributed by atoms with Crippen molar-refractivity contribution < 1.29 is 26.4 Å². The summed E-state index contributed by atoms with van der Waals surface area (Å²) < 4.78 is 66.5. The fourth-order valence-corrected chi connectivity index (χ4v) is 6.35. The molecule has 1 N–H and O–H groups in total. The lowest BCUT2D eigenvalue weighted by Crippen LogP contribution is -2.50. The van der Waals surface area contributed by atoms with E-state index in [1.165, 1.54) is 16.4 Å². The van der Waals surface area contributed by atoms with E-state index in [9.17, 15) is 26.4 Å². The fraction of sp³-hybridized carbons (Fsp3) is 0.435. The number of nitrogens with zero attached hydrogens (tertiary/aromatic N) is 2. The summed E-state index contributed by atoms with van der Waals surface area (Å²) in [5, 5.41) is 2.60. The van der Waals surface area contributed by atoms with Crippen LogP contribution in [0.1, 0.15) is 30.4 Å². The van der Waals surface area contributed by atoms with Gasteiger partial charge >= 0.3 is 12.2 Å². The topological polar surface area (TPSA) is 69.7 Å². The third kappa shape index (κ3) is 7.32. The van der Waals surface area contributed by atoms with Gasteiger partial charge in [0.15, 0.2) is 0 Å². The second kappa shape index (κ2) is 11.7. The lowest BCUT2D eigenvalue weighted by Gasteiger charge is -2.38. The summed E-state index contributed by atoms with van der Waals surface area (Å²) in [5.41, 5.74) is 0.0837. The fourth-order valence-electron chi connectivity index (χ4n) is 3.91. The maximum Gasteiger partial charge on any atom is 0.416 e. The number of piperidine rings is 1. The molecule has 186 valence electrons. The van der Waals surface area contributed by atoms with Crippen molar-refractivity contribution in [2.45, 2.75) is 38.0 Å². The highest BCUT2D eigenvalue weighted by atomic mass is 127. The highest BCUT2D eigenvalue weighted by molar-refractivity contribution is 14.1. The van der Waals surface area contributed by atoms with Gasteiger partial charge in [0.2, 0.25) is 10.0 Å². The summed E-state index contributed by atoms with van der Waals surface area (Å²) in [6.07, 6.45) is -3.03. The zero-order valence-corrected chi connectivity index (χ0v) is 21.4. The lowest BCUT2D eigenvalue weighted by molar-refractivity contribution is -0.137. The normalized spacial score (nSPS) is 15.8. The molecule has 0 bridgehead atoms. The molecule has 1 saturated heterocycles. The Morgan fingerprint density at radius 3 is 2.38 bits per heavy atom. The van der Waals surface area contributed by atoms with Crippen LogP contribution >= 0.6 is 22.6 Å². The molecule has 6 nitrogen and oxygen atoms in total. The van der Waals surface area contributed by atoms with Crippen LogP contribution in [0.4, 0.5) is 23.7 Å². The van der Waals surface area contributed by atoms with Crippen molar-refractivity contribution in [3.05, 3.63) is 65.7 Å². The number of carbonyl (C=O) groups is 1. The van der Waals surface area contributed by atoms with Crippen molar-refractivity contribution in [1.82, 2.24) is 9.21 Å². The van der Waals surface area contributed by atoms with Crippen LogP contribution in [0.2, 0.25) is 0 Å². The number of benzene rings is 2. The first-order valence-electron chi connectivity index (χ1n) is 10.9. The number of halogens is 4. The highest BCUT2D eigenvalue weighted by Crippen LogP contribution is 2.31. The molecule has 0 saturated carbocycles. The summed E-state index contributed by atoms with van der Waals surface area (Å²) in [5.74, 6) is 0.102. The van der Waals surface area contributed by atoms with Gasteiger partial charge in [-0.05, 0) is 43.0 Å². The van der Waals surface area contributed by atoms with Crippen molar-refractivity contribution in [2.24, 2.45) is 0 Å². The number of urea groups is 1. The number of anilines is 1. The third-order valence-corrected chi connectivity index (χ3v) is 8.41. The second-order valence-corrected chi connectivity index (χ2v) is 11.3. The first-order chi connectivity index (χ1) is 16.1. The van der Waals surface area contributed by atoms with Crippen LogP contribution in [0.5, 0.6) is 0 Å². The monoisotopic (exact) mass is 609 g/mol. The van der Waals surface area contributed by atoms with E-state index in [2.05, 4.69) is 27.9 Å². The van der Waals surface area contributed by atoms with Crippen molar-refractivity contribution in [1.29, 1.82) is 0 Å². The summed E-state index contributed by atoms with van der Waals surface area (Å²) >= 11 is 2.15. The lowest BCUT2D eigenvalue weighted by atomic mass is 10.0. The van der Waals surface area contributed by atoms with Crippen molar-refractivity contribution in [3.63, 3.8) is 0 Å². The first kappa shape index (κ1) is 26.7. The molecule has 1 aliphatic heterocycles. The van der Waals surface area contributed by atoms with Gasteiger partial charge in [-0.3, -0.25) is 0 Å². The van der Waals surface area contributed by atoms with E-state index in [1.54, 1.807) is 4.90 Å². The van der Waals surface area contributed by atoms with Gasteiger partial charge in [-0.25, -0.2) is 17.5 Å². The molecule has 34 heavy (non-hydrogen) atoms. The van der Waals surface area contributed by atoms with Gasteiger partial charge in [0.05, 0.1) is 11.3 Å². The first-order valence-corrected chi connectivity index (χ1v) is 14.1. The highest BCUT2D eigenvalue weighted by Gasteiger charge is 2.33. The van der Waals surface area contributed by atoms with Crippen LogP contribution in [-0.4, -0.2) is 53.0 Å². The van der Waals surface area contributed by atoms with Gasteiger partial charge in [-0.1, -0.05) is 59.0 Å². The summed E-state index contributed by atoms with van der Waals surface area (Å²) in [6, 6.07) is 13.0. The Morgan fingerprint density at radius 2 is 1.76 bits per heavy atom. The minimum Gasteiger partial charge on any atom is -0.317 e. The number of nitrogens with one attached hydrogen (secondary N) is 1. The molecule has 1 heterocycles. The van der Waals surface area contributed by atoms with Crippen LogP contribution in [-0.2, 0) is 22.7 Å². The predicted molar refractivity (Wildman–Crippen MR) is 134 cm³/mol. The number of carbonyl (C=O) groups excluding carboxylic acids is 1. The van der Waals surface area contributed by atoms with E-state index in [1.807, 2.05) is 30.3 Å². The Balaban J connectivity index is 1.75. The Labute approximate surface area is 211 Å². The van der Waals surface area contributed by atoms with E-state index in [-0.39, 0.29) is 24.0 Å². The molecule has 0 radical (unpaired) electrons. The molecule has 0 aliphatic carbocycles. The van der Waals surface area contributed by atoms with Gasteiger partial charge in [-0.2, -0.15) is 13.2 Å². The molecule has 0 spiro atoms. The van der Waals surface area contributed by atoms with E-state index >= 15 is 0 Å². The van der Waals surface area contributed by atoms with E-state index < -0.39 is 27.8 Å². The number of amides is 2. The van der Waals surface area contributed by atoms with Gasteiger partial charge in [0, 0.05) is 35.8 Å². The van der Waals surface area contributed by atoms with Crippen LogP contribution < -0.4 is 5.32 Å². The molecule has 11 heteroatoms. The molecule has 0 unspecified atom stereocenters. The SMILES string of the molecule is O=C(Nc1cccc(C(F)(F)F)c1)N(Cc1ccccc1)C1CCN(S(=O)(=O)CCCI)CC1. The van der Waals surface area contributed by atoms with Crippen molar-refractivity contribution >= 4 is 44.3 Å². The standard InChI is InChI=1S/C23H27F3IN3O3S/c24-23(25,26)19-8-4-9-20(16-19)28-22(31)30(17-18-6-2-1-3-7-18)21-10-13-29(14-11-21)34(32,33)15-5-12-27/h1-4,6-9,16,21H,5,10-15,17H2,(H,28,31). The zero-order chi connectivity index (χ0) is 24.8. The summed E-state index contributed by atoms with van der Waals surface area (Å²) in [4.78, 5) is 14.8. The Morgan fingerprint density at radius 1 is 1.09 bits per heavy atom. The van der Waals surface area contributed by atoms with Crippen molar-refractivity contribution in [3.8, 4) is 0 Å². The van der Waals surface area contributed by atoms with Gasteiger partial charge in [0.25, 0.3) is 0 Å². The molecule has 2 aromatic carbocycles. The van der Waals surface area contributed by atoms with Gasteiger partial charge in [-0.15, -0.1) is 0 Å². The molecule has 1 aliphatic rings. The molecule has 1 fully saturated rings. The molecular formula is C23H27F3IN3O3S. The zero-order valence-electron chi connectivity index (χ0n) is 18.5. The number of sulfonamides is 1. The Bertz CT molecular complexity index is 1060. The van der Waals surface area contributed by atoms with Crippen LogP contribution in [0, 0.1) is 0 Å². The molecule has 0 atom stereocenters. The quantitative estimate of drug-likeness (QED) is 0.324. The minimum absolute atomic E-state index is 0.0525. The van der Waals surface area contributed by atoms with Crippen LogP contribution in [0.3, 0.4) is 0 Å². The maximum atomic E-state index is 13.2. The molecule has 2 aromatic rings. The van der Waals surface area contributed by atoms with E-state index in [4.69, 9.17) is 0 Å². The van der Waals surface area contributed by atoms with Gasteiger partial charge < -0.3 is 10.2 Å². The molecule has 2 amide bonds. The smallest absolute Gasteiger partial charge is 0.317 e. The molecular weight excluding hydrogens is 582 g/mol. The third-order valence-electron chi connectivity index (χ3n) is 5.69. The molecule has 0 aromatic heterocycles. The van der Waals surface area contributed by atoms with Gasteiger partial charge in [0.1, 0.15) is 0 Å². The average molecular weight is 609 g/mol. The Hall–Kier alpha value is -1.86. The average Bonchev–Trinajstić information content (AvgIpc) is 2.81. The van der Waals surface area contributed by atoms with Crippen LogP contribution in [0.15, 0.2) is 54.6 Å². The summed E-state index contributed by atoms with van der Waals surface area (Å²) in [7, 11) is -3.34. The van der Waals surface area contributed by atoms with E-state index in [0.29, 0.717) is 32.4 Å². The van der Waals surface area contributed by atoms with Crippen molar-refractivity contribution in [2.75, 3.05) is 28.6 Å². The summed E-state index contributed by atoms with van der Waals surface area (Å²) in [6.45, 7) is 0.866. The van der Waals surface area contributed by atoms with Crippen LogP contribution in [0.25, 0.3) is 0 Å². The number of hydrogen-bond acceptors (Lipinski definition) is 3. The molecule has 3 rings (SSSR count). The number of rotatable bonds is 8. The minimum atomic E-state index is -4.51. The predicted octanol–water partition coefficient (Wildman–Crippen LogP) is 5.36. The largest absolute Gasteiger partial charge is 0.416 e. The number of alkyl halides is 4. The second-order valence-electron chi connectivity index (χ2n) is 8.11. The maximum absolute atomic E-state index is 13.2.